The van der Waals surface area contributed by atoms with E-state index in [-0.39, 0.29) is 48.2 Å². The Morgan fingerprint density at radius 2 is 1.54 bits per heavy atom. The molecule has 1 heterocycles. The molecule has 1 rings (SSSR count). The smallest absolute Gasteiger partial charge is 0.550 e. The molecule has 1 aliphatic heterocycles. The Kier molecular flexibility index (Phi) is 16.7. The summed E-state index contributed by atoms with van der Waals surface area (Å²) in [4.78, 5) is 10.3. The van der Waals surface area contributed by atoms with Gasteiger partial charge >= 0.3 is 29.6 Å². The summed E-state index contributed by atoms with van der Waals surface area (Å²) in [5.41, 5.74) is 0. The van der Waals surface area contributed by atoms with Crippen molar-refractivity contribution in [1.29, 1.82) is 0 Å². The Labute approximate surface area is 170 Å². The minimum absolute atomic E-state index is 0. The first kappa shape index (κ1) is 24.2. The minimum Gasteiger partial charge on any atom is -0.550 e. The minimum atomic E-state index is -0.960. The second kappa shape index (κ2) is 16.6. The van der Waals surface area contributed by atoms with Crippen LogP contribution in [0.25, 0.3) is 0 Å². The number of hydrogen-bond donors (Lipinski definition) is 0. The Bertz CT molecular complexity index is 331. The van der Waals surface area contributed by atoms with Gasteiger partial charge in [-0.15, -0.1) is 0 Å². The van der Waals surface area contributed by atoms with Crippen LogP contribution in [-0.4, -0.2) is 18.2 Å². The van der Waals surface area contributed by atoms with Crippen LogP contribution < -0.4 is 34.7 Å². The number of ether oxygens (including phenoxy) is 1. The summed E-state index contributed by atoms with van der Waals surface area (Å²) in [5.74, 6) is -0.960. The van der Waals surface area contributed by atoms with Gasteiger partial charge < -0.3 is 14.6 Å². The van der Waals surface area contributed by atoms with Crippen LogP contribution in [0.4, 0.5) is 0 Å². The molecule has 134 valence electrons. The van der Waals surface area contributed by atoms with Crippen LogP contribution in [0.2, 0.25) is 0 Å². The van der Waals surface area contributed by atoms with Crippen molar-refractivity contribution < 1.29 is 44.2 Å². The third kappa shape index (κ3) is 14.5. The number of rotatable bonds is 16. The average Bonchev–Trinajstić information content (AvgIpc) is 3.26. The van der Waals surface area contributed by atoms with Crippen molar-refractivity contribution in [3.05, 3.63) is 12.2 Å². The molecule has 0 amide bonds. The molecule has 0 aromatic carbocycles. The Balaban J connectivity index is 0.00000529. The molecular formula is C20H35NaO3. The van der Waals surface area contributed by atoms with Crippen LogP contribution >= 0.6 is 0 Å². The van der Waals surface area contributed by atoms with Crippen LogP contribution in [0.1, 0.15) is 96.8 Å². The third-order valence-electron chi connectivity index (χ3n) is 4.54. The first-order valence-corrected chi connectivity index (χ1v) is 9.76. The Morgan fingerprint density at radius 1 is 0.958 bits per heavy atom. The second-order valence-electron chi connectivity index (χ2n) is 6.80. The summed E-state index contributed by atoms with van der Waals surface area (Å²) in [7, 11) is 0. The van der Waals surface area contributed by atoms with Crippen molar-refractivity contribution in [1.82, 2.24) is 0 Å². The van der Waals surface area contributed by atoms with Gasteiger partial charge in [0.25, 0.3) is 0 Å². The van der Waals surface area contributed by atoms with Crippen LogP contribution in [0.5, 0.6) is 0 Å². The molecule has 4 heteroatoms. The fraction of sp³-hybridized carbons (Fsp3) is 0.850. The van der Waals surface area contributed by atoms with E-state index in [0.29, 0.717) is 6.42 Å². The van der Waals surface area contributed by atoms with Gasteiger partial charge in [-0.3, -0.25) is 0 Å². The molecular weight excluding hydrogens is 311 g/mol. The number of allylic oxidation sites excluding steroid dienone is 1. The maximum atomic E-state index is 10.3. The fourth-order valence-corrected chi connectivity index (χ4v) is 2.99. The summed E-state index contributed by atoms with van der Waals surface area (Å²) >= 11 is 0. The van der Waals surface area contributed by atoms with Gasteiger partial charge in [0.1, 0.15) is 6.10 Å². The number of aliphatic carboxylic acids is 1. The van der Waals surface area contributed by atoms with Crippen molar-refractivity contribution in [3.8, 4) is 0 Å². The largest absolute Gasteiger partial charge is 1.00 e. The van der Waals surface area contributed by atoms with Crippen molar-refractivity contribution in [3.63, 3.8) is 0 Å². The predicted octanol–water partition coefficient (Wildman–Crippen LogP) is 1.55. The molecule has 1 aliphatic rings. The predicted molar refractivity (Wildman–Crippen MR) is 93.1 cm³/mol. The summed E-state index contributed by atoms with van der Waals surface area (Å²) < 4.78 is 5.50. The number of carbonyl (C=O) groups is 1. The van der Waals surface area contributed by atoms with E-state index in [4.69, 9.17) is 4.74 Å². The molecule has 0 aromatic heterocycles. The van der Waals surface area contributed by atoms with Gasteiger partial charge in [0, 0.05) is 5.97 Å². The van der Waals surface area contributed by atoms with E-state index in [1.165, 1.54) is 64.2 Å². The number of unbranched alkanes of at least 4 members (excludes halogenated alkanes) is 10. The van der Waals surface area contributed by atoms with E-state index in [1.54, 1.807) is 0 Å². The molecule has 0 radical (unpaired) electrons. The number of hydrogen-bond acceptors (Lipinski definition) is 3. The number of epoxide rings is 1. The van der Waals surface area contributed by atoms with E-state index >= 15 is 0 Å². The van der Waals surface area contributed by atoms with Gasteiger partial charge in [-0.2, -0.15) is 0 Å². The maximum Gasteiger partial charge on any atom is 1.00 e. The summed E-state index contributed by atoms with van der Waals surface area (Å²) in [6, 6.07) is 0. The molecule has 24 heavy (non-hydrogen) atoms. The molecule has 0 N–H and O–H groups in total. The Morgan fingerprint density at radius 3 is 2.12 bits per heavy atom. The van der Waals surface area contributed by atoms with Gasteiger partial charge in [-0.05, 0) is 32.1 Å². The van der Waals surface area contributed by atoms with Gasteiger partial charge in [0.05, 0.1) is 6.10 Å². The monoisotopic (exact) mass is 346 g/mol. The fourth-order valence-electron chi connectivity index (χ4n) is 2.99. The number of carboxylic acids is 1. The zero-order valence-corrected chi connectivity index (χ0v) is 17.9. The SMILES string of the molecule is CCCCCCCCCCCCC=CC1OC1CCCC(=O)[O-].[Na+]. The Hall–Kier alpha value is 0.170. The van der Waals surface area contributed by atoms with Crippen molar-refractivity contribution in [2.24, 2.45) is 0 Å². The summed E-state index contributed by atoms with van der Waals surface area (Å²) in [5, 5.41) is 10.3. The molecule has 0 bridgehead atoms. The number of carbonyl (C=O) groups excluding carboxylic acids is 1. The molecule has 1 fully saturated rings. The molecule has 0 spiro atoms. The standard InChI is InChI=1S/C20H36O3.Na/c1-2-3-4-5-6-7-8-9-10-11-12-13-15-18-19(23-18)16-14-17-20(21)22;/h13,15,18-19H,2-12,14,16-17H2,1H3,(H,21,22);/q;+1/p-1. The van der Waals surface area contributed by atoms with E-state index in [1.807, 2.05) is 0 Å². The average molecular weight is 346 g/mol. The molecule has 2 unspecified atom stereocenters. The third-order valence-corrected chi connectivity index (χ3v) is 4.54. The van der Waals surface area contributed by atoms with E-state index < -0.39 is 5.97 Å². The topological polar surface area (TPSA) is 52.7 Å². The molecule has 0 saturated carbocycles. The molecule has 0 aliphatic carbocycles. The van der Waals surface area contributed by atoms with Crippen molar-refractivity contribution in [2.45, 2.75) is 109 Å². The first-order valence-electron chi connectivity index (χ1n) is 9.76. The quantitative estimate of drug-likeness (QED) is 0.184. The molecule has 0 aromatic rings. The van der Waals surface area contributed by atoms with E-state index in [0.717, 1.165) is 12.8 Å². The van der Waals surface area contributed by atoms with E-state index in [2.05, 4.69) is 19.1 Å². The molecule has 1 saturated heterocycles. The van der Waals surface area contributed by atoms with E-state index in [9.17, 15) is 9.90 Å². The maximum absolute atomic E-state index is 10.3. The summed E-state index contributed by atoms with van der Waals surface area (Å²) in [6.45, 7) is 2.27. The van der Waals surface area contributed by atoms with Crippen LogP contribution in [0.3, 0.4) is 0 Å². The zero-order valence-electron chi connectivity index (χ0n) is 15.9. The normalized spacial score (nSPS) is 19.4. The van der Waals surface area contributed by atoms with Crippen molar-refractivity contribution in [2.75, 3.05) is 0 Å². The zero-order chi connectivity index (χ0) is 16.8. The van der Waals surface area contributed by atoms with Gasteiger partial charge in [-0.1, -0.05) is 76.9 Å². The van der Waals surface area contributed by atoms with Gasteiger partial charge in [0.15, 0.2) is 0 Å². The van der Waals surface area contributed by atoms with Gasteiger partial charge in [0.2, 0.25) is 0 Å². The van der Waals surface area contributed by atoms with Gasteiger partial charge in [-0.25, -0.2) is 0 Å². The van der Waals surface area contributed by atoms with Crippen LogP contribution in [-0.2, 0) is 9.53 Å². The second-order valence-corrected chi connectivity index (χ2v) is 6.80. The molecule has 3 nitrogen and oxygen atoms in total. The van der Waals surface area contributed by atoms with Crippen LogP contribution in [0.15, 0.2) is 12.2 Å². The van der Waals surface area contributed by atoms with Crippen molar-refractivity contribution >= 4 is 5.97 Å². The van der Waals surface area contributed by atoms with Crippen LogP contribution in [0, 0.1) is 0 Å². The summed E-state index contributed by atoms with van der Waals surface area (Å²) in [6.07, 6.45) is 21.4. The number of carboxylic acid groups (broad SMARTS) is 1. The molecule has 2 atom stereocenters. The first-order chi connectivity index (χ1) is 11.2.